The van der Waals surface area contributed by atoms with Crippen LogP contribution in [0.2, 0.25) is 0 Å². The van der Waals surface area contributed by atoms with E-state index in [0.29, 0.717) is 6.42 Å². The summed E-state index contributed by atoms with van der Waals surface area (Å²) < 4.78 is 0. The number of rotatable bonds is 2. The zero-order chi connectivity index (χ0) is 10.3. The maximum absolute atomic E-state index is 9.34. The third-order valence-electron chi connectivity index (χ3n) is 1.66. The van der Waals surface area contributed by atoms with Gasteiger partial charge in [0.2, 0.25) is 0 Å². The molecule has 0 heterocycles. The fraction of sp³-hybridized carbons (Fsp3) is 0.400. The molecular weight excluding hydrogens is 166 g/mol. The molecule has 1 aromatic carbocycles. The van der Waals surface area contributed by atoms with E-state index in [1.807, 2.05) is 6.92 Å². The lowest BCUT2D eigenvalue weighted by Crippen LogP contribution is -1.93. The molecule has 0 aliphatic heterocycles. The standard InChI is InChI=1S/C9H12O2.CH5N/c1-2-9(11)7-3-5-8(10)6-4-7;1-2/h3-6,9-11H,2H2,1H3;2H2,1H3. The molecule has 3 heteroatoms. The Morgan fingerprint density at radius 3 is 2.08 bits per heavy atom. The molecule has 1 aromatic rings. The molecule has 3 nitrogen and oxygen atoms in total. The number of hydrogen-bond donors (Lipinski definition) is 3. The van der Waals surface area contributed by atoms with Crippen LogP contribution in [-0.4, -0.2) is 17.3 Å². The maximum atomic E-state index is 9.34. The van der Waals surface area contributed by atoms with Crippen LogP contribution in [0.5, 0.6) is 5.75 Å². The average molecular weight is 183 g/mol. The summed E-state index contributed by atoms with van der Waals surface area (Å²) in [6.07, 6.45) is 0.292. The third kappa shape index (κ3) is 3.92. The van der Waals surface area contributed by atoms with E-state index in [4.69, 9.17) is 5.11 Å². The zero-order valence-corrected chi connectivity index (χ0v) is 8.07. The van der Waals surface area contributed by atoms with Crippen molar-refractivity contribution in [2.24, 2.45) is 5.73 Å². The van der Waals surface area contributed by atoms with Gasteiger partial charge in [-0.3, -0.25) is 0 Å². The molecule has 74 valence electrons. The molecule has 1 atom stereocenters. The number of hydrogen-bond acceptors (Lipinski definition) is 3. The van der Waals surface area contributed by atoms with E-state index in [9.17, 15) is 5.11 Å². The molecule has 0 aliphatic rings. The van der Waals surface area contributed by atoms with Gasteiger partial charge in [0.15, 0.2) is 0 Å². The van der Waals surface area contributed by atoms with Gasteiger partial charge in [0.1, 0.15) is 5.75 Å². The first-order valence-corrected chi connectivity index (χ1v) is 4.28. The van der Waals surface area contributed by atoms with Crippen LogP contribution in [0, 0.1) is 0 Å². The predicted molar refractivity (Wildman–Crippen MR) is 53.5 cm³/mol. The molecule has 13 heavy (non-hydrogen) atoms. The third-order valence-corrected chi connectivity index (χ3v) is 1.66. The summed E-state index contributed by atoms with van der Waals surface area (Å²) >= 11 is 0. The van der Waals surface area contributed by atoms with Crippen LogP contribution < -0.4 is 5.73 Å². The highest BCUT2D eigenvalue weighted by molar-refractivity contribution is 5.27. The smallest absolute Gasteiger partial charge is 0.115 e. The van der Waals surface area contributed by atoms with E-state index in [1.165, 1.54) is 7.05 Å². The Balaban J connectivity index is 0.000000671. The Kier molecular flexibility index (Phi) is 5.93. The lowest BCUT2D eigenvalue weighted by atomic mass is 10.1. The lowest BCUT2D eigenvalue weighted by molar-refractivity contribution is 0.173. The molecule has 1 rings (SSSR count). The van der Waals surface area contributed by atoms with Crippen LogP contribution in [0.15, 0.2) is 24.3 Å². The van der Waals surface area contributed by atoms with E-state index in [0.717, 1.165) is 5.56 Å². The SMILES string of the molecule is CCC(O)c1ccc(O)cc1.CN. The minimum atomic E-state index is -0.407. The van der Waals surface area contributed by atoms with Crippen LogP contribution in [-0.2, 0) is 0 Å². The average Bonchev–Trinajstić information content (AvgIpc) is 2.21. The van der Waals surface area contributed by atoms with Gasteiger partial charge in [0.05, 0.1) is 6.10 Å². The Morgan fingerprint density at radius 2 is 1.69 bits per heavy atom. The van der Waals surface area contributed by atoms with Crippen LogP contribution in [0.25, 0.3) is 0 Å². The first-order valence-electron chi connectivity index (χ1n) is 4.28. The van der Waals surface area contributed by atoms with Crippen molar-refractivity contribution in [3.8, 4) is 5.75 Å². The Labute approximate surface area is 78.8 Å². The predicted octanol–water partition coefficient (Wildman–Crippen LogP) is 1.41. The van der Waals surface area contributed by atoms with Gasteiger partial charge in [-0.25, -0.2) is 0 Å². The lowest BCUT2D eigenvalue weighted by Gasteiger charge is -2.06. The van der Waals surface area contributed by atoms with E-state index >= 15 is 0 Å². The van der Waals surface area contributed by atoms with Crippen molar-refractivity contribution in [2.45, 2.75) is 19.4 Å². The van der Waals surface area contributed by atoms with Crippen LogP contribution in [0.3, 0.4) is 0 Å². The number of phenols is 1. The molecule has 0 fully saturated rings. The molecule has 0 bridgehead atoms. The van der Waals surface area contributed by atoms with E-state index in [2.05, 4.69) is 5.73 Å². The minimum Gasteiger partial charge on any atom is -0.508 e. The highest BCUT2D eigenvalue weighted by atomic mass is 16.3. The molecule has 0 saturated heterocycles. The molecule has 0 aliphatic carbocycles. The van der Waals surface area contributed by atoms with Crippen molar-refractivity contribution in [2.75, 3.05) is 7.05 Å². The first-order chi connectivity index (χ1) is 6.24. The van der Waals surface area contributed by atoms with Crippen LogP contribution in [0.4, 0.5) is 0 Å². The topological polar surface area (TPSA) is 66.5 Å². The number of phenolic OH excluding ortho intramolecular Hbond substituents is 1. The molecule has 4 N–H and O–H groups in total. The minimum absolute atomic E-state index is 0.233. The summed E-state index contributed by atoms with van der Waals surface area (Å²) in [7, 11) is 1.50. The summed E-state index contributed by atoms with van der Waals surface area (Å²) in [5, 5.41) is 18.3. The Morgan fingerprint density at radius 1 is 1.23 bits per heavy atom. The second kappa shape index (κ2) is 6.46. The molecule has 0 spiro atoms. The van der Waals surface area contributed by atoms with Gasteiger partial charge in [-0.2, -0.15) is 0 Å². The summed E-state index contributed by atoms with van der Waals surface area (Å²) in [4.78, 5) is 0. The highest BCUT2D eigenvalue weighted by Gasteiger charge is 2.02. The van der Waals surface area contributed by atoms with Gasteiger partial charge in [-0.1, -0.05) is 19.1 Å². The number of benzene rings is 1. The molecule has 0 amide bonds. The van der Waals surface area contributed by atoms with Gasteiger partial charge >= 0.3 is 0 Å². The summed E-state index contributed by atoms with van der Waals surface area (Å²) in [6, 6.07) is 6.61. The van der Waals surface area contributed by atoms with E-state index in [1.54, 1.807) is 24.3 Å². The van der Waals surface area contributed by atoms with Crippen molar-refractivity contribution >= 4 is 0 Å². The molecule has 1 unspecified atom stereocenters. The van der Waals surface area contributed by atoms with Crippen LogP contribution >= 0.6 is 0 Å². The largest absolute Gasteiger partial charge is 0.508 e. The fourth-order valence-electron chi connectivity index (χ4n) is 0.932. The summed E-state index contributed by atoms with van der Waals surface area (Å²) in [5.41, 5.74) is 5.35. The second-order valence-electron chi connectivity index (χ2n) is 2.52. The Bertz CT molecular complexity index is 221. The van der Waals surface area contributed by atoms with Gasteiger partial charge < -0.3 is 15.9 Å². The van der Waals surface area contributed by atoms with Gasteiger partial charge in [0.25, 0.3) is 0 Å². The second-order valence-corrected chi connectivity index (χ2v) is 2.52. The first kappa shape index (κ1) is 11.9. The molecule has 0 aromatic heterocycles. The zero-order valence-electron chi connectivity index (χ0n) is 8.07. The van der Waals surface area contributed by atoms with Gasteiger partial charge in [-0.05, 0) is 31.2 Å². The summed E-state index contributed by atoms with van der Waals surface area (Å²) in [6.45, 7) is 1.91. The maximum Gasteiger partial charge on any atom is 0.115 e. The number of aliphatic hydroxyl groups is 1. The van der Waals surface area contributed by atoms with Crippen molar-refractivity contribution in [1.29, 1.82) is 0 Å². The number of aromatic hydroxyl groups is 1. The van der Waals surface area contributed by atoms with Crippen molar-refractivity contribution in [1.82, 2.24) is 0 Å². The van der Waals surface area contributed by atoms with Gasteiger partial charge in [0, 0.05) is 0 Å². The number of nitrogens with two attached hydrogens (primary N) is 1. The quantitative estimate of drug-likeness (QED) is 0.649. The van der Waals surface area contributed by atoms with E-state index in [-0.39, 0.29) is 5.75 Å². The molecule has 0 radical (unpaired) electrons. The normalized spacial score (nSPS) is 11.4. The van der Waals surface area contributed by atoms with Gasteiger partial charge in [-0.15, -0.1) is 0 Å². The van der Waals surface area contributed by atoms with Crippen molar-refractivity contribution < 1.29 is 10.2 Å². The summed E-state index contributed by atoms with van der Waals surface area (Å²) in [5.74, 6) is 0.233. The molecular formula is C10H17NO2. The fourth-order valence-corrected chi connectivity index (χ4v) is 0.932. The molecule has 0 saturated carbocycles. The highest BCUT2D eigenvalue weighted by Crippen LogP contribution is 2.18. The number of aliphatic hydroxyl groups excluding tert-OH is 1. The van der Waals surface area contributed by atoms with Crippen molar-refractivity contribution in [3.05, 3.63) is 29.8 Å². The van der Waals surface area contributed by atoms with E-state index < -0.39 is 6.10 Å². The monoisotopic (exact) mass is 183 g/mol. The van der Waals surface area contributed by atoms with Crippen LogP contribution in [0.1, 0.15) is 25.0 Å². The van der Waals surface area contributed by atoms with Crippen molar-refractivity contribution in [3.63, 3.8) is 0 Å². The Hall–Kier alpha value is -1.06.